The Morgan fingerprint density at radius 3 is 2.65 bits per heavy atom. The number of carbonyl (C=O) groups is 2. The largest absolute Gasteiger partial charge is 0.496 e. The number of allylic oxidation sites excluding steroid dienone is 1. The Kier molecular flexibility index (Phi) is 5.30. The number of benzene rings is 1. The number of urea groups is 1. The second kappa shape index (κ2) is 7.04. The lowest BCUT2D eigenvalue weighted by Gasteiger charge is -2.29. The Labute approximate surface area is 143 Å². The van der Waals surface area contributed by atoms with Gasteiger partial charge in [-0.2, -0.15) is 0 Å². The molecule has 0 aromatic heterocycles. The molecule has 1 unspecified atom stereocenters. The van der Waals surface area contributed by atoms with Gasteiger partial charge in [0.1, 0.15) is 5.75 Å². The topological polar surface area (TPSA) is 76.7 Å². The number of nitrogens with one attached hydrogen (secondary N) is 2. The zero-order chi connectivity index (χ0) is 17.1. The monoisotopic (exact) mass is 382 g/mol. The molecule has 0 saturated carbocycles. The highest BCUT2D eigenvalue weighted by atomic mass is 79.9. The van der Waals surface area contributed by atoms with Crippen LogP contribution in [-0.4, -0.2) is 25.2 Å². The molecule has 1 aromatic carbocycles. The van der Waals surface area contributed by atoms with Crippen LogP contribution in [0.1, 0.15) is 32.4 Å². The third kappa shape index (κ3) is 3.85. The molecule has 124 valence electrons. The van der Waals surface area contributed by atoms with Crippen LogP contribution in [0.4, 0.5) is 4.79 Å². The molecule has 2 N–H and O–H groups in total. The van der Waals surface area contributed by atoms with E-state index in [1.165, 1.54) is 7.11 Å². The molecular formula is C16H19BrN2O4. The SMILES string of the molecule is COc1ccc(Br)cc1C1NC(=O)NC(C)=C1C(=O)OC(C)C. The van der Waals surface area contributed by atoms with Gasteiger partial charge >= 0.3 is 12.0 Å². The average Bonchev–Trinajstić information content (AvgIpc) is 2.45. The summed E-state index contributed by atoms with van der Waals surface area (Å²) in [5.74, 6) is 0.0973. The normalized spacial score (nSPS) is 17.7. The molecule has 23 heavy (non-hydrogen) atoms. The maximum absolute atomic E-state index is 12.5. The van der Waals surface area contributed by atoms with Gasteiger partial charge < -0.3 is 20.1 Å². The summed E-state index contributed by atoms with van der Waals surface area (Å²) in [5, 5.41) is 5.37. The number of rotatable bonds is 4. The molecule has 0 aliphatic carbocycles. The van der Waals surface area contributed by atoms with E-state index >= 15 is 0 Å². The van der Waals surface area contributed by atoms with Crippen molar-refractivity contribution >= 4 is 27.9 Å². The summed E-state index contributed by atoms with van der Waals surface area (Å²) in [6.45, 7) is 5.22. The van der Waals surface area contributed by atoms with Crippen molar-refractivity contribution < 1.29 is 19.1 Å². The minimum Gasteiger partial charge on any atom is -0.496 e. The second-order valence-electron chi connectivity index (χ2n) is 5.41. The van der Waals surface area contributed by atoms with Crippen molar-refractivity contribution in [2.75, 3.05) is 7.11 Å². The van der Waals surface area contributed by atoms with Gasteiger partial charge in [0.2, 0.25) is 0 Å². The van der Waals surface area contributed by atoms with Gasteiger partial charge in [-0.1, -0.05) is 15.9 Å². The summed E-state index contributed by atoms with van der Waals surface area (Å²) in [6, 6.07) is 4.38. The Hall–Kier alpha value is -2.02. The standard InChI is InChI=1S/C16H19BrN2O4/c1-8(2)23-15(20)13-9(3)18-16(21)19-14(13)11-7-10(17)5-6-12(11)22-4/h5-8,14H,1-4H3,(H2,18,19,21). The summed E-state index contributed by atoms with van der Waals surface area (Å²) in [5.41, 5.74) is 1.49. The van der Waals surface area contributed by atoms with E-state index in [1.54, 1.807) is 26.8 Å². The number of esters is 1. The Morgan fingerprint density at radius 1 is 1.35 bits per heavy atom. The predicted molar refractivity (Wildman–Crippen MR) is 89.0 cm³/mol. The maximum atomic E-state index is 12.5. The Bertz CT molecular complexity index is 670. The number of carbonyl (C=O) groups excluding carboxylic acids is 2. The first-order valence-electron chi connectivity index (χ1n) is 7.16. The molecule has 0 saturated heterocycles. The van der Waals surface area contributed by atoms with Gasteiger partial charge in [0.05, 0.1) is 24.8 Å². The smallest absolute Gasteiger partial charge is 0.338 e. The molecule has 0 bridgehead atoms. The molecule has 0 spiro atoms. The molecule has 6 nitrogen and oxygen atoms in total. The fourth-order valence-electron chi connectivity index (χ4n) is 2.41. The minimum atomic E-state index is -0.651. The van der Waals surface area contributed by atoms with Crippen LogP contribution in [0, 0.1) is 0 Å². The van der Waals surface area contributed by atoms with Crippen molar-refractivity contribution in [2.24, 2.45) is 0 Å². The lowest BCUT2D eigenvalue weighted by Crippen LogP contribution is -2.45. The van der Waals surface area contributed by atoms with Crippen LogP contribution in [0.2, 0.25) is 0 Å². The quantitative estimate of drug-likeness (QED) is 0.784. The van der Waals surface area contributed by atoms with Gasteiger partial charge in [-0.3, -0.25) is 0 Å². The zero-order valence-electron chi connectivity index (χ0n) is 13.4. The summed E-state index contributed by atoms with van der Waals surface area (Å²) in [7, 11) is 1.54. The van der Waals surface area contributed by atoms with E-state index < -0.39 is 12.0 Å². The number of ether oxygens (including phenoxy) is 2. The molecule has 1 heterocycles. The molecule has 1 aliphatic heterocycles. The third-order valence-corrected chi connectivity index (χ3v) is 3.83. The number of halogens is 1. The van der Waals surface area contributed by atoms with Gasteiger partial charge in [0.25, 0.3) is 0 Å². The van der Waals surface area contributed by atoms with Crippen molar-refractivity contribution in [1.29, 1.82) is 0 Å². The van der Waals surface area contributed by atoms with Gasteiger partial charge in [0, 0.05) is 15.7 Å². The van der Waals surface area contributed by atoms with E-state index in [4.69, 9.17) is 9.47 Å². The van der Waals surface area contributed by atoms with Crippen molar-refractivity contribution in [2.45, 2.75) is 32.9 Å². The molecule has 0 fully saturated rings. The van der Waals surface area contributed by atoms with Crippen LogP contribution < -0.4 is 15.4 Å². The highest BCUT2D eigenvalue weighted by molar-refractivity contribution is 9.10. The van der Waals surface area contributed by atoms with Crippen LogP contribution in [0.25, 0.3) is 0 Å². The van der Waals surface area contributed by atoms with E-state index in [-0.39, 0.29) is 12.1 Å². The first kappa shape index (κ1) is 17.3. The molecular weight excluding hydrogens is 364 g/mol. The second-order valence-corrected chi connectivity index (χ2v) is 6.33. The highest BCUT2D eigenvalue weighted by Gasteiger charge is 2.34. The van der Waals surface area contributed by atoms with Crippen LogP contribution >= 0.6 is 15.9 Å². The molecule has 2 rings (SSSR count). The van der Waals surface area contributed by atoms with Crippen LogP contribution in [0.3, 0.4) is 0 Å². The Balaban J connectivity index is 2.53. The van der Waals surface area contributed by atoms with Gasteiger partial charge in [0.15, 0.2) is 0 Å². The predicted octanol–water partition coefficient (Wildman–Crippen LogP) is 3.04. The van der Waals surface area contributed by atoms with Crippen molar-refractivity contribution in [3.63, 3.8) is 0 Å². The van der Waals surface area contributed by atoms with E-state index in [0.717, 1.165) is 4.47 Å². The first-order valence-corrected chi connectivity index (χ1v) is 7.95. The number of hydrogen-bond acceptors (Lipinski definition) is 4. The zero-order valence-corrected chi connectivity index (χ0v) is 15.0. The Morgan fingerprint density at radius 2 is 2.04 bits per heavy atom. The fourth-order valence-corrected chi connectivity index (χ4v) is 2.78. The lowest BCUT2D eigenvalue weighted by molar-refractivity contribution is -0.143. The van der Waals surface area contributed by atoms with Gasteiger partial charge in [-0.25, -0.2) is 9.59 Å². The van der Waals surface area contributed by atoms with Crippen molar-refractivity contribution in [3.8, 4) is 5.75 Å². The van der Waals surface area contributed by atoms with Crippen LogP contribution in [0.15, 0.2) is 33.9 Å². The van der Waals surface area contributed by atoms with E-state index in [1.807, 2.05) is 12.1 Å². The number of methoxy groups -OCH3 is 1. The van der Waals surface area contributed by atoms with Gasteiger partial charge in [-0.05, 0) is 39.0 Å². The number of amides is 2. The molecule has 1 atom stereocenters. The molecule has 1 aliphatic rings. The van der Waals surface area contributed by atoms with Crippen LogP contribution in [-0.2, 0) is 9.53 Å². The average molecular weight is 383 g/mol. The third-order valence-electron chi connectivity index (χ3n) is 3.33. The molecule has 1 aromatic rings. The fraction of sp³-hybridized carbons (Fsp3) is 0.375. The highest BCUT2D eigenvalue weighted by Crippen LogP contribution is 2.35. The van der Waals surface area contributed by atoms with Crippen molar-refractivity contribution in [3.05, 3.63) is 39.5 Å². The van der Waals surface area contributed by atoms with Crippen molar-refractivity contribution in [1.82, 2.24) is 10.6 Å². The molecule has 0 radical (unpaired) electrons. The number of hydrogen-bond donors (Lipinski definition) is 2. The van der Waals surface area contributed by atoms with Gasteiger partial charge in [-0.15, -0.1) is 0 Å². The lowest BCUT2D eigenvalue weighted by atomic mass is 9.95. The van der Waals surface area contributed by atoms with E-state index in [0.29, 0.717) is 22.6 Å². The minimum absolute atomic E-state index is 0.259. The summed E-state index contributed by atoms with van der Waals surface area (Å²) in [6.07, 6.45) is -0.259. The molecule has 7 heteroatoms. The van der Waals surface area contributed by atoms with E-state index in [9.17, 15) is 9.59 Å². The van der Waals surface area contributed by atoms with Crippen LogP contribution in [0.5, 0.6) is 5.75 Å². The summed E-state index contributed by atoms with van der Waals surface area (Å²) >= 11 is 3.40. The van der Waals surface area contributed by atoms with E-state index in [2.05, 4.69) is 26.6 Å². The molecule has 2 amide bonds. The summed E-state index contributed by atoms with van der Waals surface area (Å²) < 4.78 is 11.5. The first-order chi connectivity index (χ1) is 10.8. The summed E-state index contributed by atoms with van der Waals surface area (Å²) in [4.78, 5) is 24.3. The maximum Gasteiger partial charge on any atom is 0.338 e.